The summed E-state index contributed by atoms with van der Waals surface area (Å²) in [5.41, 5.74) is 6.87. The number of benzene rings is 2. The van der Waals surface area contributed by atoms with Gasteiger partial charge in [-0.1, -0.05) is 48.7 Å². The van der Waals surface area contributed by atoms with E-state index in [1.807, 2.05) is 6.07 Å². The van der Waals surface area contributed by atoms with E-state index in [1.54, 1.807) is 0 Å². The van der Waals surface area contributed by atoms with Gasteiger partial charge in [0.15, 0.2) is 0 Å². The maximum atomic E-state index is 3.30. The van der Waals surface area contributed by atoms with Gasteiger partial charge in [-0.25, -0.2) is 11.6 Å². The first-order valence-corrected chi connectivity index (χ1v) is 7.22. The molecule has 0 saturated heterocycles. The van der Waals surface area contributed by atoms with Gasteiger partial charge in [0.05, 0.1) is 0 Å². The third kappa shape index (κ3) is 5.36. The summed E-state index contributed by atoms with van der Waals surface area (Å²) in [5, 5.41) is 0. The Hall–Kier alpha value is -0.786. The molecule has 2 aromatic carbocycles. The first-order valence-electron chi connectivity index (χ1n) is 7.22. The molecule has 2 aliphatic rings. The van der Waals surface area contributed by atoms with Crippen LogP contribution in [-0.2, 0) is 28.1 Å². The monoisotopic (exact) mass is 376 g/mol. The molecule has 0 heterocycles. The maximum Gasteiger partial charge on any atom is 2.00 e. The Morgan fingerprint density at radius 2 is 1.74 bits per heavy atom. The van der Waals surface area contributed by atoms with E-state index in [1.165, 1.54) is 27.8 Å². The van der Waals surface area contributed by atoms with Crippen molar-refractivity contribution in [2.24, 2.45) is 0 Å². The van der Waals surface area contributed by atoms with E-state index in [4.69, 9.17) is 0 Å². The van der Waals surface area contributed by atoms with Gasteiger partial charge in [-0.2, -0.15) is 35.9 Å². The molecule has 118 valence electrons. The summed E-state index contributed by atoms with van der Waals surface area (Å²) < 4.78 is 0. The molecule has 2 aliphatic carbocycles. The minimum atomic E-state index is 0. The van der Waals surface area contributed by atoms with Gasteiger partial charge in [0, 0.05) is 0 Å². The fraction of sp³-hybridized carbons (Fsp3) is 0.200. The van der Waals surface area contributed by atoms with Crippen LogP contribution < -0.4 is 24.8 Å². The Labute approximate surface area is 166 Å². The second-order valence-electron chi connectivity index (χ2n) is 5.06. The summed E-state index contributed by atoms with van der Waals surface area (Å²) in [6.45, 7) is 2.15. The maximum absolute atomic E-state index is 3.30. The van der Waals surface area contributed by atoms with Crippen molar-refractivity contribution < 1.29 is 46.5 Å². The van der Waals surface area contributed by atoms with Gasteiger partial charge in [0.25, 0.3) is 0 Å². The molecule has 0 radical (unpaired) electrons. The van der Waals surface area contributed by atoms with Gasteiger partial charge in [0.2, 0.25) is 0 Å². The Bertz CT molecular complexity index is 631. The number of halogens is 2. The van der Waals surface area contributed by atoms with E-state index in [9.17, 15) is 0 Å². The molecule has 0 unspecified atom stereocenters. The third-order valence-electron chi connectivity index (χ3n) is 3.76. The van der Waals surface area contributed by atoms with E-state index < -0.39 is 0 Å². The quantitative estimate of drug-likeness (QED) is 0.383. The van der Waals surface area contributed by atoms with Crippen molar-refractivity contribution in [3.63, 3.8) is 0 Å². The first-order chi connectivity index (χ1) is 9.88. The van der Waals surface area contributed by atoms with Crippen LogP contribution in [0.3, 0.4) is 0 Å². The minimum absolute atomic E-state index is 0. The van der Waals surface area contributed by atoms with E-state index in [-0.39, 0.29) is 46.5 Å². The molecule has 4 rings (SSSR count). The number of hydrogen-bond donors (Lipinski definition) is 0. The average Bonchev–Trinajstić information content (AvgIpc) is 3.15. The minimum Gasteiger partial charge on any atom is -1.00 e. The Kier molecular flexibility index (Phi) is 10.5. The molecule has 0 N–H and O–H groups in total. The molecule has 0 aromatic heterocycles. The molecule has 0 spiro atoms. The van der Waals surface area contributed by atoms with E-state index in [0.717, 1.165) is 19.3 Å². The van der Waals surface area contributed by atoms with Crippen molar-refractivity contribution in [2.75, 3.05) is 0 Å². The standard InChI is InChI=1S/C13H9.C7H9.2ClH.Ti/c1-3-7-12-10(5-1)9-11-6-2-4-8-13(11)12;1-2-7-5-3-4-6-7;;;/h1-5,7-8H,9H2;3,5H,2,4H2,1H3;2*1H;/q2*-1;;;+2/p-2. The number of fused-ring (bicyclic) bond motifs is 3. The zero-order valence-corrected chi connectivity index (χ0v) is 16.1. The summed E-state index contributed by atoms with van der Waals surface area (Å²) in [6, 6.07) is 18.1. The van der Waals surface area contributed by atoms with Gasteiger partial charge < -0.3 is 24.8 Å². The van der Waals surface area contributed by atoms with Crippen molar-refractivity contribution in [3.05, 3.63) is 83.5 Å². The normalized spacial score (nSPS) is 12.3. The second-order valence-corrected chi connectivity index (χ2v) is 5.06. The molecule has 2 aromatic rings. The summed E-state index contributed by atoms with van der Waals surface area (Å²) in [7, 11) is 0. The molecule has 0 atom stereocenters. The fourth-order valence-corrected chi connectivity index (χ4v) is 2.69. The van der Waals surface area contributed by atoms with Crippen LogP contribution in [-0.4, -0.2) is 0 Å². The van der Waals surface area contributed by atoms with Crippen LogP contribution in [0.15, 0.2) is 60.2 Å². The summed E-state index contributed by atoms with van der Waals surface area (Å²) in [4.78, 5) is 0. The van der Waals surface area contributed by atoms with Crippen LogP contribution in [0, 0.1) is 12.1 Å². The number of allylic oxidation sites excluding steroid dienone is 4. The molecule has 0 saturated carbocycles. The summed E-state index contributed by atoms with van der Waals surface area (Å²) >= 11 is 0. The van der Waals surface area contributed by atoms with Crippen LogP contribution in [0.2, 0.25) is 0 Å². The first kappa shape index (κ1) is 22.2. The molecule has 23 heavy (non-hydrogen) atoms. The van der Waals surface area contributed by atoms with Gasteiger partial charge in [-0.05, 0) is 6.42 Å². The van der Waals surface area contributed by atoms with Crippen LogP contribution in [0.1, 0.15) is 30.9 Å². The number of rotatable bonds is 1. The van der Waals surface area contributed by atoms with Crippen molar-refractivity contribution >= 4 is 0 Å². The molecule has 0 aliphatic heterocycles. The Balaban J connectivity index is 0.000000426. The Morgan fingerprint density at radius 3 is 2.39 bits per heavy atom. The van der Waals surface area contributed by atoms with Crippen molar-refractivity contribution in [3.8, 4) is 11.1 Å². The SMILES string of the molecule is CCC1=[C-]CC=C1.[Cl-].[Cl-].[Ti+2].[c-]1cccc2c1Cc1ccccc1-2. The number of hydrogen-bond acceptors (Lipinski definition) is 0. The van der Waals surface area contributed by atoms with Crippen molar-refractivity contribution in [2.45, 2.75) is 26.2 Å². The fourth-order valence-electron chi connectivity index (χ4n) is 2.69. The largest absolute Gasteiger partial charge is 2.00 e. The van der Waals surface area contributed by atoms with Crippen LogP contribution in [0.25, 0.3) is 11.1 Å². The van der Waals surface area contributed by atoms with Crippen molar-refractivity contribution in [1.29, 1.82) is 0 Å². The molecule has 0 nitrogen and oxygen atoms in total. The molecule has 3 heteroatoms. The summed E-state index contributed by atoms with van der Waals surface area (Å²) in [6.07, 6.45) is 10.7. The van der Waals surface area contributed by atoms with Gasteiger partial charge in [-0.3, -0.25) is 6.08 Å². The van der Waals surface area contributed by atoms with E-state index in [0.29, 0.717) is 0 Å². The zero-order valence-electron chi connectivity index (χ0n) is 13.1. The van der Waals surface area contributed by atoms with Crippen LogP contribution in [0.4, 0.5) is 0 Å². The van der Waals surface area contributed by atoms with Crippen LogP contribution >= 0.6 is 0 Å². The molecular formula is C20H18Cl2Ti-2. The van der Waals surface area contributed by atoms with E-state index >= 15 is 0 Å². The van der Waals surface area contributed by atoms with Gasteiger partial charge >= 0.3 is 21.7 Å². The average molecular weight is 377 g/mol. The second kappa shape index (κ2) is 10.9. The van der Waals surface area contributed by atoms with Crippen LogP contribution in [0.5, 0.6) is 0 Å². The van der Waals surface area contributed by atoms with Gasteiger partial charge in [-0.15, -0.1) is 12.0 Å². The predicted octanol–water partition coefficient (Wildman–Crippen LogP) is -0.851. The van der Waals surface area contributed by atoms with Crippen molar-refractivity contribution in [1.82, 2.24) is 0 Å². The topological polar surface area (TPSA) is 0 Å². The third-order valence-corrected chi connectivity index (χ3v) is 3.76. The smallest absolute Gasteiger partial charge is 1.00 e. The predicted molar refractivity (Wildman–Crippen MR) is 84.3 cm³/mol. The Morgan fingerprint density at radius 1 is 1.00 bits per heavy atom. The molecular weight excluding hydrogens is 359 g/mol. The van der Waals surface area contributed by atoms with Gasteiger partial charge in [0.1, 0.15) is 0 Å². The summed E-state index contributed by atoms with van der Waals surface area (Å²) in [5.74, 6) is 0. The molecule has 0 bridgehead atoms. The molecule has 0 amide bonds. The van der Waals surface area contributed by atoms with E-state index in [2.05, 4.69) is 67.6 Å². The zero-order chi connectivity index (χ0) is 13.8. The molecule has 0 fully saturated rings.